The molecule has 0 bridgehead atoms. The minimum atomic E-state index is -1.10. The van der Waals surface area contributed by atoms with E-state index in [1.165, 1.54) is 37.6 Å². The van der Waals surface area contributed by atoms with Crippen molar-refractivity contribution in [3.05, 3.63) is 69.4 Å². The van der Waals surface area contributed by atoms with E-state index in [9.17, 15) is 19.1 Å². The third kappa shape index (κ3) is 3.62. The fourth-order valence-corrected chi connectivity index (χ4v) is 2.06. The molecule has 0 amide bonds. The molecule has 0 spiro atoms. The molecule has 0 aliphatic heterocycles. The molecule has 2 aromatic rings. The number of halogens is 1. The Balaban J connectivity index is 2.38. The van der Waals surface area contributed by atoms with Crippen LogP contribution in [0, 0.1) is 17.1 Å². The van der Waals surface area contributed by atoms with Crippen molar-refractivity contribution >= 4 is 5.97 Å². The second-order valence-electron chi connectivity index (χ2n) is 4.77. The van der Waals surface area contributed by atoms with Gasteiger partial charge in [0.25, 0.3) is 5.56 Å². The molecule has 1 aromatic heterocycles. The minimum absolute atomic E-state index is 0.0231. The highest BCUT2D eigenvalue weighted by atomic mass is 19.1. The van der Waals surface area contributed by atoms with Gasteiger partial charge in [0.1, 0.15) is 17.4 Å². The number of ether oxygens (including phenoxy) is 1. The van der Waals surface area contributed by atoms with Crippen molar-refractivity contribution < 1.29 is 19.0 Å². The second-order valence-corrected chi connectivity index (χ2v) is 4.77. The summed E-state index contributed by atoms with van der Waals surface area (Å²) in [4.78, 5) is 23.7. The molecule has 6 nitrogen and oxygen atoms in total. The molecule has 0 aliphatic carbocycles. The lowest BCUT2D eigenvalue weighted by molar-refractivity contribution is 0.0598. The van der Waals surface area contributed by atoms with Gasteiger partial charge in [0.2, 0.25) is 0 Å². The molecule has 118 valence electrons. The number of benzene rings is 1. The summed E-state index contributed by atoms with van der Waals surface area (Å²) >= 11 is 0. The van der Waals surface area contributed by atoms with Crippen molar-refractivity contribution in [1.29, 1.82) is 5.26 Å². The Bertz CT molecular complexity index is 821. The van der Waals surface area contributed by atoms with E-state index in [1.807, 2.05) is 0 Å². The molecule has 1 atom stereocenters. The highest BCUT2D eigenvalue weighted by Gasteiger charge is 2.15. The fraction of sp³-hybridized carbons (Fsp3) is 0.188. The van der Waals surface area contributed by atoms with Crippen molar-refractivity contribution in [3.8, 4) is 6.07 Å². The number of carbonyl (C=O) groups excluding carboxylic acids is 1. The molecule has 0 fully saturated rings. The van der Waals surface area contributed by atoms with Crippen LogP contribution in [0.3, 0.4) is 0 Å². The Kier molecular flexibility index (Phi) is 4.88. The number of aliphatic hydroxyl groups is 1. The average Bonchev–Trinajstić information content (AvgIpc) is 2.56. The van der Waals surface area contributed by atoms with Gasteiger partial charge in [-0.25, -0.2) is 9.18 Å². The summed E-state index contributed by atoms with van der Waals surface area (Å²) in [6, 6.07) is 7.99. The molecule has 0 aliphatic rings. The monoisotopic (exact) mass is 316 g/mol. The molecular formula is C16H13FN2O4. The van der Waals surface area contributed by atoms with Gasteiger partial charge < -0.3 is 14.4 Å². The lowest BCUT2D eigenvalue weighted by Crippen LogP contribution is -2.26. The largest absolute Gasteiger partial charge is 0.465 e. The van der Waals surface area contributed by atoms with Crippen LogP contribution in [0.15, 0.2) is 41.3 Å². The second kappa shape index (κ2) is 6.85. The number of aromatic nitrogens is 1. The van der Waals surface area contributed by atoms with E-state index >= 15 is 0 Å². The Morgan fingerprint density at radius 3 is 2.65 bits per heavy atom. The first-order valence-electron chi connectivity index (χ1n) is 6.62. The normalized spacial score (nSPS) is 11.6. The summed E-state index contributed by atoms with van der Waals surface area (Å²) in [7, 11) is 1.18. The zero-order valence-corrected chi connectivity index (χ0v) is 12.2. The lowest BCUT2D eigenvalue weighted by atomic mass is 10.1. The number of nitrogens with zero attached hydrogens (tertiary/aromatic N) is 2. The minimum Gasteiger partial charge on any atom is -0.465 e. The topological polar surface area (TPSA) is 92.3 Å². The molecule has 2 rings (SSSR count). The van der Waals surface area contributed by atoms with Gasteiger partial charge >= 0.3 is 5.97 Å². The quantitative estimate of drug-likeness (QED) is 0.860. The molecule has 23 heavy (non-hydrogen) atoms. The van der Waals surface area contributed by atoms with Crippen LogP contribution in [-0.4, -0.2) is 22.8 Å². The van der Waals surface area contributed by atoms with Crippen LogP contribution >= 0.6 is 0 Å². The van der Waals surface area contributed by atoms with Crippen LogP contribution in [0.2, 0.25) is 0 Å². The summed E-state index contributed by atoms with van der Waals surface area (Å²) in [6.07, 6.45) is 0.106. The molecule has 1 aromatic carbocycles. The van der Waals surface area contributed by atoms with Crippen molar-refractivity contribution in [1.82, 2.24) is 4.57 Å². The first-order chi connectivity index (χ1) is 11.0. The maximum absolute atomic E-state index is 12.9. The summed E-state index contributed by atoms with van der Waals surface area (Å²) < 4.78 is 18.5. The van der Waals surface area contributed by atoms with Crippen LogP contribution in [0.1, 0.15) is 27.6 Å². The van der Waals surface area contributed by atoms with Crippen LogP contribution < -0.4 is 5.56 Å². The van der Waals surface area contributed by atoms with Gasteiger partial charge in [-0.2, -0.15) is 5.26 Å². The summed E-state index contributed by atoms with van der Waals surface area (Å²) in [6.45, 7) is -0.190. The van der Waals surface area contributed by atoms with Crippen molar-refractivity contribution in [2.75, 3.05) is 7.11 Å². The Hall–Kier alpha value is -2.98. The zero-order valence-electron chi connectivity index (χ0n) is 12.2. The van der Waals surface area contributed by atoms with E-state index in [4.69, 9.17) is 5.26 Å². The number of methoxy groups -OCH3 is 1. The standard InChI is InChI=1S/C16H13FN2O4/c1-23-16(22)12-6-11(7-18)15(21)19(8-12)9-14(20)10-2-4-13(17)5-3-10/h2-6,8,14,20H,9H2,1H3/t14-/m0/s1. The number of nitriles is 1. The van der Waals surface area contributed by atoms with E-state index in [-0.39, 0.29) is 17.7 Å². The van der Waals surface area contributed by atoms with E-state index in [1.54, 1.807) is 6.07 Å². The van der Waals surface area contributed by atoms with Crippen molar-refractivity contribution in [3.63, 3.8) is 0 Å². The predicted octanol–water partition coefficient (Wildman–Crippen LogP) is 1.38. The van der Waals surface area contributed by atoms with Crippen LogP contribution in [0.5, 0.6) is 0 Å². The lowest BCUT2D eigenvalue weighted by Gasteiger charge is -2.14. The molecular weight excluding hydrogens is 303 g/mol. The van der Waals surface area contributed by atoms with Gasteiger partial charge in [0.05, 0.1) is 25.3 Å². The van der Waals surface area contributed by atoms with Crippen molar-refractivity contribution in [2.24, 2.45) is 0 Å². The summed E-state index contributed by atoms with van der Waals surface area (Å²) in [5, 5.41) is 19.1. The van der Waals surface area contributed by atoms with Gasteiger partial charge in [0, 0.05) is 6.20 Å². The maximum Gasteiger partial charge on any atom is 0.339 e. The van der Waals surface area contributed by atoms with Crippen LogP contribution in [-0.2, 0) is 11.3 Å². The number of aliphatic hydroxyl groups excluding tert-OH is 1. The highest BCUT2D eigenvalue weighted by Crippen LogP contribution is 2.15. The van der Waals surface area contributed by atoms with E-state index in [2.05, 4.69) is 4.74 Å². The zero-order chi connectivity index (χ0) is 17.0. The van der Waals surface area contributed by atoms with Gasteiger partial charge in [-0.3, -0.25) is 4.79 Å². The predicted molar refractivity (Wildman–Crippen MR) is 78.1 cm³/mol. The fourth-order valence-electron chi connectivity index (χ4n) is 2.06. The van der Waals surface area contributed by atoms with E-state index in [0.29, 0.717) is 5.56 Å². The molecule has 0 radical (unpaired) electrons. The van der Waals surface area contributed by atoms with Crippen LogP contribution in [0.4, 0.5) is 4.39 Å². The van der Waals surface area contributed by atoms with Crippen LogP contribution in [0.25, 0.3) is 0 Å². The first kappa shape index (κ1) is 16.4. The molecule has 1 N–H and O–H groups in total. The number of hydrogen-bond donors (Lipinski definition) is 1. The molecule has 0 unspecified atom stereocenters. The molecule has 0 saturated carbocycles. The number of pyridine rings is 1. The number of carbonyl (C=O) groups is 1. The average molecular weight is 316 g/mol. The number of rotatable bonds is 4. The first-order valence-corrected chi connectivity index (χ1v) is 6.62. The third-order valence-electron chi connectivity index (χ3n) is 3.25. The Morgan fingerprint density at radius 2 is 2.09 bits per heavy atom. The van der Waals surface area contributed by atoms with E-state index < -0.39 is 23.4 Å². The van der Waals surface area contributed by atoms with Gasteiger partial charge in [-0.1, -0.05) is 12.1 Å². The third-order valence-corrected chi connectivity index (χ3v) is 3.25. The van der Waals surface area contributed by atoms with Gasteiger partial charge in [-0.05, 0) is 23.8 Å². The van der Waals surface area contributed by atoms with E-state index in [0.717, 1.165) is 10.6 Å². The summed E-state index contributed by atoms with van der Waals surface area (Å²) in [5.74, 6) is -1.15. The molecule has 1 heterocycles. The number of hydrogen-bond acceptors (Lipinski definition) is 5. The maximum atomic E-state index is 12.9. The molecule has 7 heteroatoms. The van der Waals surface area contributed by atoms with Gasteiger partial charge in [0.15, 0.2) is 0 Å². The van der Waals surface area contributed by atoms with Gasteiger partial charge in [-0.15, -0.1) is 0 Å². The summed E-state index contributed by atoms with van der Waals surface area (Å²) in [5.41, 5.74) is -0.448. The molecule has 0 saturated heterocycles. The number of esters is 1. The Labute approximate surface area is 131 Å². The smallest absolute Gasteiger partial charge is 0.339 e. The Morgan fingerprint density at radius 1 is 1.43 bits per heavy atom. The van der Waals surface area contributed by atoms with Crippen molar-refractivity contribution in [2.45, 2.75) is 12.6 Å². The highest BCUT2D eigenvalue weighted by molar-refractivity contribution is 5.89. The SMILES string of the molecule is COC(=O)c1cc(C#N)c(=O)n(C[C@H](O)c2ccc(F)cc2)c1.